The summed E-state index contributed by atoms with van der Waals surface area (Å²) in [4.78, 5) is 25.2. The molecule has 0 saturated heterocycles. The van der Waals surface area contributed by atoms with E-state index in [2.05, 4.69) is 10.6 Å². The van der Waals surface area contributed by atoms with E-state index in [1.807, 2.05) is 19.0 Å². The molecular weight excluding hydrogens is 311 g/mol. The van der Waals surface area contributed by atoms with Crippen LogP contribution in [0, 0.1) is 0 Å². The number of nitrogens with one attached hydrogen (secondary N) is 2. The summed E-state index contributed by atoms with van der Waals surface area (Å²) in [6.07, 6.45) is -4.37. The van der Waals surface area contributed by atoms with E-state index in [1.54, 1.807) is 0 Å². The highest BCUT2D eigenvalue weighted by Gasteiger charge is 2.33. The summed E-state index contributed by atoms with van der Waals surface area (Å²) in [6, 6.07) is 4.63. The molecule has 0 spiro atoms. The number of carbonyl (C=O) groups is 2. The van der Waals surface area contributed by atoms with Crippen molar-refractivity contribution >= 4 is 17.5 Å². The lowest BCUT2D eigenvalue weighted by molar-refractivity contribution is -0.137. The van der Waals surface area contributed by atoms with Gasteiger partial charge >= 0.3 is 6.18 Å². The molecule has 0 saturated carbocycles. The molecule has 0 atom stereocenters. The molecule has 0 aromatic heterocycles. The van der Waals surface area contributed by atoms with Crippen LogP contribution < -0.4 is 10.6 Å². The van der Waals surface area contributed by atoms with E-state index in [1.165, 1.54) is 12.1 Å². The Morgan fingerprint density at radius 3 is 2.39 bits per heavy atom. The van der Waals surface area contributed by atoms with E-state index >= 15 is 0 Å². The van der Waals surface area contributed by atoms with Crippen LogP contribution in [0.15, 0.2) is 24.3 Å². The quantitative estimate of drug-likeness (QED) is 0.594. The first-order valence-corrected chi connectivity index (χ1v) is 7.07. The van der Waals surface area contributed by atoms with Crippen molar-refractivity contribution in [2.75, 3.05) is 32.5 Å². The van der Waals surface area contributed by atoms with Gasteiger partial charge in [0.25, 0.3) is 0 Å². The van der Waals surface area contributed by atoms with Crippen molar-refractivity contribution < 1.29 is 22.8 Å². The minimum atomic E-state index is -4.57. The summed E-state index contributed by atoms with van der Waals surface area (Å²) in [5.74, 6) is -1.31. The number of anilines is 1. The van der Waals surface area contributed by atoms with Gasteiger partial charge in [-0.25, -0.2) is 0 Å². The SMILES string of the molecule is CN(C)CCCNC(=O)CC(=O)Nc1ccccc1C(F)(F)F. The van der Waals surface area contributed by atoms with Crippen molar-refractivity contribution in [3.05, 3.63) is 29.8 Å². The van der Waals surface area contributed by atoms with Gasteiger partial charge in [-0.15, -0.1) is 0 Å². The molecule has 23 heavy (non-hydrogen) atoms. The fraction of sp³-hybridized carbons (Fsp3) is 0.467. The number of amides is 2. The van der Waals surface area contributed by atoms with Gasteiger partial charge in [-0.3, -0.25) is 9.59 Å². The van der Waals surface area contributed by atoms with Crippen LogP contribution in [-0.2, 0) is 15.8 Å². The van der Waals surface area contributed by atoms with E-state index in [9.17, 15) is 22.8 Å². The van der Waals surface area contributed by atoms with E-state index in [-0.39, 0.29) is 5.69 Å². The molecule has 5 nitrogen and oxygen atoms in total. The number of rotatable bonds is 7. The second-order valence-corrected chi connectivity index (χ2v) is 5.28. The van der Waals surface area contributed by atoms with E-state index in [0.29, 0.717) is 6.54 Å². The Bertz CT molecular complexity index is 545. The largest absolute Gasteiger partial charge is 0.418 e. The predicted molar refractivity (Wildman–Crippen MR) is 80.9 cm³/mol. The molecule has 2 amide bonds. The van der Waals surface area contributed by atoms with Crippen LogP contribution in [0.25, 0.3) is 0 Å². The van der Waals surface area contributed by atoms with Crippen molar-refractivity contribution in [1.82, 2.24) is 10.2 Å². The molecule has 0 aliphatic carbocycles. The maximum absolute atomic E-state index is 12.8. The Morgan fingerprint density at radius 1 is 1.13 bits per heavy atom. The lowest BCUT2D eigenvalue weighted by Gasteiger charge is -2.13. The number of hydrogen-bond donors (Lipinski definition) is 2. The van der Waals surface area contributed by atoms with Crippen LogP contribution in [0.1, 0.15) is 18.4 Å². The van der Waals surface area contributed by atoms with Gasteiger partial charge in [-0.1, -0.05) is 12.1 Å². The summed E-state index contributed by atoms with van der Waals surface area (Å²) in [7, 11) is 3.79. The fourth-order valence-electron chi connectivity index (χ4n) is 1.87. The predicted octanol–water partition coefficient (Wildman–Crippen LogP) is 2.10. The van der Waals surface area contributed by atoms with E-state index in [4.69, 9.17) is 0 Å². The molecule has 0 aliphatic heterocycles. The van der Waals surface area contributed by atoms with Gasteiger partial charge in [-0.2, -0.15) is 13.2 Å². The smallest absolute Gasteiger partial charge is 0.356 e. The molecule has 0 radical (unpaired) electrons. The molecule has 8 heteroatoms. The zero-order valence-corrected chi connectivity index (χ0v) is 13.0. The summed E-state index contributed by atoms with van der Waals surface area (Å²) in [5.41, 5.74) is -1.30. The lowest BCUT2D eigenvalue weighted by atomic mass is 10.1. The second-order valence-electron chi connectivity index (χ2n) is 5.28. The molecule has 0 bridgehead atoms. The molecule has 0 heterocycles. The summed E-state index contributed by atoms with van der Waals surface area (Å²) < 4.78 is 38.4. The van der Waals surface area contributed by atoms with Gasteiger partial charge in [0.1, 0.15) is 6.42 Å². The first-order valence-electron chi connectivity index (χ1n) is 7.07. The maximum Gasteiger partial charge on any atom is 0.418 e. The molecule has 1 rings (SSSR count). The third kappa shape index (κ3) is 7.14. The van der Waals surface area contributed by atoms with Gasteiger partial charge < -0.3 is 15.5 Å². The van der Waals surface area contributed by atoms with Gasteiger partial charge in [0.05, 0.1) is 11.3 Å². The molecule has 1 aromatic carbocycles. The highest BCUT2D eigenvalue weighted by molar-refractivity contribution is 6.03. The van der Waals surface area contributed by atoms with Crippen molar-refractivity contribution in [3.8, 4) is 0 Å². The van der Waals surface area contributed by atoms with Gasteiger partial charge in [-0.05, 0) is 39.2 Å². The number of carbonyl (C=O) groups excluding carboxylic acids is 2. The van der Waals surface area contributed by atoms with E-state index in [0.717, 1.165) is 25.1 Å². The Balaban J connectivity index is 2.50. The topological polar surface area (TPSA) is 61.4 Å². The van der Waals surface area contributed by atoms with Crippen LogP contribution in [0.5, 0.6) is 0 Å². The summed E-state index contributed by atoms with van der Waals surface area (Å²) in [5, 5.41) is 4.68. The van der Waals surface area contributed by atoms with Gasteiger partial charge in [0.15, 0.2) is 0 Å². The highest BCUT2D eigenvalue weighted by Crippen LogP contribution is 2.34. The molecule has 2 N–H and O–H groups in total. The highest BCUT2D eigenvalue weighted by atomic mass is 19.4. The molecule has 0 aliphatic rings. The fourth-order valence-corrected chi connectivity index (χ4v) is 1.87. The molecule has 0 fully saturated rings. The Morgan fingerprint density at radius 2 is 1.78 bits per heavy atom. The number of para-hydroxylation sites is 1. The third-order valence-electron chi connectivity index (χ3n) is 2.93. The van der Waals surface area contributed by atoms with Crippen molar-refractivity contribution in [3.63, 3.8) is 0 Å². The molecule has 0 unspecified atom stereocenters. The lowest BCUT2D eigenvalue weighted by Crippen LogP contribution is -2.30. The van der Waals surface area contributed by atoms with Crippen LogP contribution in [0.2, 0.25) is 0 Å². The van der Waals surface area contributed by atoms with Gasteiger partial charge in [0.2, 0.25) is 11.8 Å². The van der Waals surface area contributed by atoms with Crippen molar-refractivity contribution in [1.29, 1.82) is 0 Å². The minimum Gasteiger partial charge on any atom is -0.356 e. The van der Waals surface area contributed by atoms with Crippen LogP contribution in [0.4, 0.5) is 18.9 Å². The summed E-state index contributed by atoms with van der Waals surface area (Å²) >= 11 is 0. The summed E-state index contributed by atoms with van der Waals surface area (Å²) in [6.45, 7) is 1.19. The Labute approximate surface area is 132 Å². The monoisotopic (exact) mass is 331 g/mol. The van der Waals surface area contributed by atoms with Crippen molar-refractivity contribution in [2.45, 2.75) is 19.0 Å². The number of nitrogens with zero attached hydrogens (tertiary/aromatic N) is 1. The molecule has 128 valence electrons. The Kier molecular flexibility index (Phi) is 7.02. The third-order valence-corrected chi connectivity index (χ3v) is 2.93. The number of halogens is 3. The minimum absolute atomic E-state index is 0.356. The number of alkyl halides is 3. The molecular formula is C15H20F3N3O2. The van der Waals surface area contributed by atoms with Crippen LogP contribution >= 0.6 is 0 Å². The normalized spacial score (nSPS) is 11.4. The first-order chi connectivity index (χ1) is 10.7. The Hall–Kier alpha value is -2.09. The van der Waals surface area contributed by atoms with Crippen LogP contribution in [0.3, 0.4) is 0 Å². The zero-order valence-electron chi connectivity index (χ0n) is 13.0. The number of benzene rings is 1. The van der Waals surface area contributed by atoms with Crippen LogP contribution in [-0.4, -0.2) is 43.9 Å². The van der Waals surface area contributed by atoms with E-state index < -0.39 is 30.0 Å². The maximum atomic E-state index is 12.8. The van der Waals surface area contributed by atoms with Crippen molar-refractivity contribution in [2.24, 2.45) is 0 Å². The zero-order chi connectivity index (χ0) is 17.5. The standard InChI is InChI=1S/C15H20F3N3O2/c1-21(2)9-5-8-19-13(22)10-14(23)20-12-7-4-3-6-11(12)15(16,17)18/h3-4,6-7H,5,8-10H2,1-2H3,(H,19,22)(H,20,23). The number of hydrogen-bond acceptors (Lipinski definition) is 3. The first kappa shape index (κ1) is 19.0. The average Bonchev–Trinajstić information content (AvgIpc) is 2.42. The second kappa shape index (κ2) is 8.52. The van der Waals surface area contributed by atoms with Gasteiger partial charge in [0, 0.05) is 6.54 Å². The molecule has 1 aromatic rings. The average molecular weight is 331 g/mol.